The third kappa shape index (κ3) is 5.54. The van der Waals surface area contributed by atoms with Gasteiger partial charge in [-0.15, -0.1) is 0 Å². The molecular formula is C8H12F3NO4. The average molecular weight is 243 g/mol. The molecule has 1 aliphatic rings. The summed E-state index contributed by atoms with van der Waals surface area (Å²) >= 11 is 0. The van der Waals surface area contributed by atoms with Gasteiger partial charge in [0.2, 0.25) is 0 Å². The van der Waals surface area contributed by atoms with E-state index in [-0.39, 0.29) is 11.9 Å². The van der Waals surface area contributed by atoms with Crippen molar-refractivity contribution < 1.29 is 32.6 Å². The lowest BCUT2D eigenvalue weighted by atomic mass is 10.1. The Morgan fingerprint density at radius 2 is 1.94 bits per heavy atom. The van der Waals surface area contributed by atoms with Crippen LogP contribution in [0.3, 0.4) is 0 Å². The van der Waals surface area contributed by atoms with Gasteiger partial charge in [0.1, 0.15) is 0 Å². The Hall–Kier alpha value is -1.31. The van der Waals surface area contributed by atoms with Crippen LogP contribution in [0.5, 0.6) is 0 Å². The largest absolute Gasteiger partial charge is 0.490 e. The Kier molecular flexibility index (Phi) is 5.79. The predicted octanol–water partition coefficient (Wildman–Crippen LogP) is 0.402. The van der Waals surface area contributed by atoms with Gasteiger partial charge >= 0.3 is 18.1 Å². The number of nitrogens with one attached hydrogen (secondary N) is 1. The lowest BCUT2D eigenvalue weighted by Gasteiger charge is -2.02. The summed E-state index contributed by atoms with van der Waals surface area (Å²) in [6, 6.07) is 0. The van der Waals surface area contributed by atoms with Crippen LogP contribution in [0.1, 0.15) is 6.42 Å². The van der Waals surface area contributed by atoms with E-state index in [0.717, 1.165) is 19.5 Å². The Labute approximate surface area is 89.6 Å². The van der Waals surface area contributed by atoms with E-state index in [1.54, 1.807) is 0 Å². The second kappa shape index (κ2) is 6.31. The molecule has 1 aliphatic heterocycles. The zero-order chi connectivity index (χ0) is 12.8. The van der Waals surface area contributed by atoms with Crippen molar-refractivity contribution in [2.45, 2.75) is 12.6 Å². The first kappa shape index (κ1) is 14.7. The highest BCUT2D eigenvalue weighted by molar-refractivity contribution is 5.73. The monoisotopic (exact) mass is 243 g/mol. The summed E-state index contributed by atoms with van der Waals surface area (Å²) < 4.78 is 36.3. The maximum atomic E-state index is 10.8. The van der Waals surface area contributed by atoms with E-state index in [1.807, 2.05) is 0 Å². The minimum absolute atomic E-state index is 0.0833. The van der Waals surface area contributed by atoms with Crippen molar-refractivity contribution >= 4 is 11.9 Å². The van der Waals surface area contributed by atoms with Crippen LogP contribution >= 0.6 is 0 Å². The molecule has 0 aromatic rings. The molecule has 1 atom stereocenters. The van der Waals surface area contributed by atoms with E-state index in [4.69, 9.17) is 9.90 Å². The Bertz CT molecular complexity index is 248. The number of rotatable bonds is 1. The van der Waals surface area contributed by atoms with Crippen molar-refractivity contribution in [1.82, 2.24) is 5.32 Å². The van der Waals surface area contributed by atoms with E-state index in [1.165, 1.54) is 7.11 Å². The molecule has 94 valence electrons. The van der Waals surface area contributed by atoms with Crippen molar-refractivity contribution in [2.75, 3.05) is 20.2 Å². The summed E-state index contributed by atoms with van der Waals surface area (Å²) in [4.78, 5) is 19.6. The van der Waals surface area contributed by atoms with E-state index in [2.05, 4.69) is 10.1 Å². The van der Waals surface area contributed by atoms with Crippen LogP contribution in [-0.4, -0.2) is 43.4 Å². The number of ether oxygens (including phenoxy) is 1. The molecule has 16 heavy (non-hydrogen) atoms. The number of esters is 1. The van der Waals surface area contributed by atoms with Crippen LogP contribution in [-0.2, 0) is 14.3 Å². The van der Waals surface area contributed by atoms with Crippen LogP contribution in [0.15, 0.2) is 0 Å². The molecule has 1 unspecified atom stereocenters. The number of hydrogen-bond acceptors (Lipinski definition) is 4. The van der Waals surface area contributed by atoms with Gasteiger partial charge in [0.15, 0.2) is 0 Å². The van der Waals surface area contributed by atoms with Crippen molar-refractivity contribution in [3.05, 3.63) is 0 Å². The highest BCUT2D eigenvalue weighted by atomic mass is 19.4. The molecule has 1 rings (SSSR count). The fourth-order valence-electron chi connectivity index (χ4n) is 1.02. The minimum atomic E-state index is -5.08. The normalized spacial score (nSPS) is 19.6. The van der Waals surface area contributed by atoms with Gasteiger partial charge in [-0.05, 0) is 13.0 Å². The molecule has 0 saturated carbocycles. The maximum absolute atomic E-state index is 10.8. The summed E-state index contributed by atoms with van der Waals surface area (Å²) in [5.41, 5.74) is 0. The maximum Gasteiger partial charge on any atom is 0.490 e. The van der Waals surface area contributed by atoms with Gasteiger partial charge in [0.05, 0.1) is 13.0 Å². The zero-order valence-electron chi connectivity index (χ0n) is 8.50. The van der Waals surface area contributed by atoms with Crippen molar-refractivity contribution in [1.29, 1.82) is 0 Å². The first-order valence-corrected chi connectivity index (χ1v) is 4.37. The number of alkyl halides is 3. The molecule has 0 aromatic heterocycles. The number of hydrogen-bond donors (Lipinski definition) is 2. The molecular weight excluding hydrogens is 231 g/mol. The molecule has 0 spiro atoms. The van der Waals surface area contributed by atoms with Crippen LogP contribution in [0, 0.1) is 5.92 Å². The van der Waals surface area contributed by atoms with Gasteiger partial charge in [-0.3, -0.25) is 4.79 Å². The second-order valence-corrected chi connectivity index (χ2v) is 3.02. The Balaban J connectivity index is 0.000000293. The Morgan fingerprint density at radius 3 is 2.19 bits per heavy atom. The van der Waals surface area contributed by atoms with Crippen LogP contribution < -0.4 is 5.32 Å². The molecule has 0 amide bonds. The zero-order valence-corrected chi connectivity index (χ0v) is 8.50. The molecule has 5 nitrogen and oxygen atoms in total. The van der Waals surface area contributed by atoms with Gasteiger partial charge in [-0.25, -0.2) is 4.79 Å². The molecule has 1 heterocycles. The number of carbonyl (C=O) groups excluding carboxylic acids is 1. The van der Waals surface area contributed by atoms with Crippen molar-refractivity contribution in [2.24, 2.45) is 5.92 Å². The fourth-order valence-corrected chi connectivity index (χ4v) is 1.02. The number of carboxylic acid groups (broad SMARTS) is 1. The third-order valence-electron chi connectivity index (χ3n) is 1.84. The quantitative estimate of drug-likeness (QED) is 0.652. The van der Waals surface area contributed by atoms with E-state index < -0.39 is 12.1 Å². The van der Waals surface area contributed by atoms with Gasteiger partial charge in [-0.1, -0.05) is 0 Å². The topological polar surface area (TPSA) is 75.6 Å². The third-order valence-corrected chi connectivity index (χ3v) is 1.84. The number of carboxylic acids is 1. The lowest BCUT2D eigenvalue weighted by molar-refractivity contribution is -0.192. The highest BCUT2D eigenvalue weighted by Crippen LogP contribution is 2.13. The SMILES string of the molecule is COC(=O)C1CCNC1.O=C(O)C(F)(F)F. The van der Waals surface area contributed by atoms with Crippen molar-refractivity contribution in [3.8, 4) is 0 Å². The van der Waals surface area contributed by atoms with Crippen molar-refractivity contribution in [3.63, 3.8) is 0 Å². The van der Waals surface area contributed by atoms with Crippen LogP contribution in [0.25, 0.3) is 0 Å². The summed E-state index contributed by atoms with van der Waals surface area (Å²) in [6.07, 6.45) is -4.16. The predicted molar refractivity (Wildman–Crippen MR) is 46.7 cm³/mol. The Morgan fingerprint density at radius 1 is 1.44 bits per heavy atom. The summed E-state index contributed by atoms with van der Waals surface area (Å²) in [5.74, 6) is -2.73. The molecule has 0 bridgehead atoms. The van der Waals surface area contributed by atoms with Gasteiger partial charge in [0.25, 0.3) is 0 Å². The molecule has 1 saturated heterocycles. The van der Waals surface area contributed by atoms with E-state index >= 15 is 0 Å². The second-order valence-electron chi connectivity index (χ2n) is 3.02. The molecule has 0 aliphatic carbocycles. The number of carbonyl (C=O) groups is 2. The summed E-state index contributed by atoms with van der Waals surface area (Å²) in [7, 11) is 1.43. The van der Waals surface area contributed by atoms with Crippen LogP contribution in [0.2, 0.25) is 0 Å². The fraction of sp³-hybridized carbons (Fsp3) is 0.750. The molecule has 0 radical (unpaired) electrons. The molecule has 8 heteroatoms. The standard InChI is InChI=1S/C6H11NO2.C2HF3O2/c1-9-6(8)5-2-3-7-4-5;3-2(4,5)1(6)7/h5,7H,2-4H2,1H3;(H,6,7). The highest BCUT2D eigenvalue weighted by Gasteiger charge is 2.38. The molecule has 2 N–H and O–H groups in total. The average Bonchev–Trinajstić information content (AvgIpc) is 2.69. The first-order valence-electron chi connectivity index (χ1n) is 4.37. The minimum Gasteiger partial charge on any atom is -0.475 e. The van der Waals surface area contributed by atoms with Gasteiger partial charge < -0.3 is 15.2 Å². The number of methoxy groups -OCH3 is 1. The summed E-state index contributed by atoms with van der Waals surface area (Å²) in [6.45, 7) is 1.73. The first-order chi connectivity index (χ1) is 7.29. The number of halogens is 3. The molecule has 1 fully saturated rings. The van der Waals surface area contributed by atoms with Gasteiger partial charge in [-0.2, -0.15) is 13.2 Å². The molecule has 0 aromatic carbocycles. The summed E-state index contributed by atoms with van der Waals surface area (Å²) in [5, 5.41) is 10.2. The number of aliphatic carboxylic acids is 1. The van der Waals surface area contributed by atoms with Crippen LogP contribution in [0.4, 0.5) is 13.2 Å². The van der Waals surface area contributed by atoms with E-state index in [9.17, 15) is 18.0 Å². The van der Waals surface area contributed by atoms with Gasteiger partial charge in [0, 0.05) is 6.54 Å². The smallest absolute Gasteiger partial charge is 0.475 e. The van der Waals surface area contributed by atoms with E-state index in [0.29, 0.717) is 0 Å². The lowest BCUT2D eigenvalue weighted by Crippen LogP contribution is -2.21.